The van der Waals surface area contributed by atoms with E-state index in [-0.39, 0.29) is 6.10 Å². The standard InChI is InChI=1S/C12H18N2O/c15-11(7-12-13-3-4-14-12)10-6-8-1-2-9(10)5-8/h3-4,8-11,15H,1-2,5-7H2,(H,13,14). The van der Waals surface area contributed by atoms with Crippen LogP contribution in [0.4, 0.5) is 0 Å². The van der Waals surface area contributed by atoms with Crippen LogP contribution < -0.4 is 0 Å². The van der Waals surface area contributed by atoms with Crippen LogP contribution in [0.5, 0.6) is 0 Å². The first kappa shape index (κ1) is 9.40. The van der Waals surface area contributed by atoms with Gasteiger partial charge in [0, 0.05) is 18.8 Å². The lowest BCUT2D eigenvalue weighted by atomic mass is 9.83. The average molecular weight is 206 g/mol. The van der Waals surface area contributed by atoms with Gasteiger partial charge in [0.1, 0.15) is 5.82 Å². The van der Waals surface area contributed by atoms with Crippen LogP contribution in [0.25, 0.3) is 0 Å². The van der Waals surface area contributed by atoms with Gasteiger partial charge in [-0.1, -0.05) is 6.42 Å². The van der Waals surface area contributed by atoms with E-state index in [1.807, 2.05) is 6.20 Å². The predicted octanol–water partition coefficient (Wildman–Crippen LogP) is 1.75. The molecule has 4 atom stereocenters. The highest BCUT2D eigenvalue weighted by molar-refractivity contribution is 4.97. The lowest BCUT2D eigenvalue weighted by molar-refractivity contribution is 0.0736. The van der Waals surface area contributed by atoms with Gasteiger partial charge in [0.15, 0.2) is 0 Å². The Morgan fingerprint density at radius 2 is 2.40 bits per heavy atom. The molecule has 2 aliphatic carbocycles. The maximum atomic E-state index is 10.2. The van der Waals surface area contributed by atoms with Crippen molar-refractivity contribution in [1.82, 2.24) is 9.97 Å². The van der Waals surface area contributed by atoms with Crippen LogP contribution in [0, 0.1) is 17.8 Å². The van der Waals surface area contributed by atoms with Gasteiger partial charge in [-0.2, -0.15) is 0 Å². The normalized spacial score (nSPS) is 35.9. The van der Waals surface area contributed by atoms with Crippen molar-refractivity contribution in [2.24, 2.45) is 17.8 Å². The van der Waals surface area contributed by atoms with Crippen LogP contribution in [-0.2, 0) is 6.42 Å². The average Bonchev–Trinajstić information content (AvgIpc) is 2.93. The highest BCUT2D eigenvalue weighted by Crippen LogP contribution is 2.49. The van der Waals surface area contributed by atoms with Gasteiger partial charge in [0.05, 0.1) is 6.10 Å². The van der Waals surface area contributed by atoms with E-state index in [9.17, 15) is 5.11 Å². The molecule has 2 aliphatic rings. The molecule has 2 N–H and O–H groups in total. The number of imidazole rings is 1. The molecule has 3 heteroatoms. The molecule has 2 saturated carbocycles. The molecule has 0 aromatic carbocycles. The van der Waals surface area contributed by atoms with E-state index in [1.165, 1.54) is 25.7 Å². The summed E-state index contributed by atoms with van der Waals surface area (Å²) < 4.78 is 0. The summed E-state index contributed by atoms with van der Waals surface area (Å²) in [7, 11) is 0. The Balaban J connectivity index is 1.63. The van der Waals surface area contributed by atoms with E-state index in [0.29, 0.717) is 12.3 Å². The third-order valence-corrected chi connectivity index (χ3v) is 4.24. The van der Waals surface area contributed by atoms with Crippen molar-refractivity contribution in [3.8, 4) is 0 Å². The van der Waals surface area contributed by atoms with E-state index in [4.69, 9.17) is 0 Å². The maximum Gasteiger partial charge on any atom is 0.108 e. The van der Waals surface area contributed by atoms with Gasteiger partial charge < -0.3 is 10.1 Å². The van der Waals surface area contributed by atoms with Crippen LogP contribution in [0.15, 0.2) is 12.4 Å². The van der Waals surface area contributed by atoms with E-state index >= 15 is 0 Å². The van der Waals surface area contributed by atoms with Crippen molar-refractivity contribution in [1.29, 1.82) is 0 Å². The first-order valence-electron chi connectivity index (χ1n) is 5.99. The quantitative estimate of drug-likeness (QED) is 0.791. The van der Waals surface area contributed by atoms with Crippen LogP contribution in [-0.4, -0.2) is 21.2 Å². The number of fused-ring (bicyclic) bond motifs is 2. The van der Waals surface area contributed by atoms with Gasteiger partial charge >= 0.3 is 0 Å². The molecule has 3 nitrogen and oxygen atoms in total. The van der Waals surface area contributed by atoms with Crippen molar-refractivity contribution in [3.63, 3.8) is 0 Å². The number of aromatic amines is 1. The SMILES string of the molecule is OC(Cc1ncc[nH]1)C1CC2CCC1C2. The number of nitrogens with one attached hydrogen (secondary N) is 1. The van der Waals surface area contributed by atoms with Gasteiger partial charge in [-0.15, -0.1) is 0 Å². The van der Waals surface area contributed by atoms with Crippen molar-refractivity contribution in [2.45, 2.75) is 38.2 Å². The zero-order valence-electron chi connectivity index (χ0n) is 8.89. The molecule has 1 aromatic rings. The van der Waals surface area contributed by atoms with E-state index < -0.39 is 0 Å². The summed E-state index contributed by atoms with van der Waals surface area (Å²) in [5, 5.41) is 10.2. The third-order valence-electron chi connectivity index (χ3n) is 4.24. The molecule has 82 valence electrons. The summed E-state index contributed by atoms with van der Waals surface area (Å²) in [4.78, 5) is 7.24. The minimum Gasteiger partial charge on any atom is -0.392 e. The molecular weight excluding hydrogens is 188 g/mol. The van der Waals surface area contributed by atoms with Crippen LogP contribution in [0.3, 0.4) is 0 Å². The summed E-state index contributed by atoms with van der Waals surface area (Å²) in [5.41, 5.74) is 0. The highest BCUT2D eigenvalue weighted by Gasteiger charge is 2.42. The summed E-state index contributed by atoms with van der Waals surface area (Å²) in [6.45, 7) is 0. The Kier molecular flexibility index (Phi) is 2.28. The zero-order chi connectivity index (χ0) is 10.3. The van der Waals surface area contributed by atoms with E-state index in [0.717, 1.165) is 17.7 Å². The van der Waals surface area contributed by atoms with Crippen LogP contribution in [0.1, 0.15) is 31.5 Å². The minimum atomic E-state index is -0.188. The molecule has 2 fully saturated rings. The molecule has 1 aromatic heterocycles. The number of nitrogens with zero attached hydrogens (tertiary/aromatic N) is 1. The monoisotopic (exact) mass is 206 g/mol. The first-order valence-corrected chi connectivity index (χ1v) is 5.99. The molecule has 1 heterocycles. The van der Waals surface area contributed by atoms with Gasteiger partial charge in [-0.05, 0) is 37.0 Å². The highest BCUT2D eigenvalue weighted by atomic mass is 16.3. The van der Waals surface area contributed by atoms with Crippen molar-refractivity contribution >= 4 is 0 Å². The van der Waals surface area contributed by atoms with E-state index in [1.54, 1.807) is 6.20 Å². The molecule has 0 amide bonds. The third kappa shape index (κ3) is 1.69. The second kappa shape index (κ2) is 3.63. The minimum absolute atomic E-state index is 0.188. The molecule has 15 heavy (non-hydrogen) atoms. The first-order chi connectivity index (χ1) is 7.33. The summed E-state index contributed by atoms with van der Waals surface area (Å²) in [6, 6.07) is 0. The fourth-order valence-corrected chi connectivity index (χ4v) is 3.52. The molecule has 0 saturated heterocycles. The predicted molar refractivity (Wildman–Crippen MR) is 57.2 cm³/mol. The molecule has 3 rings (SSSR count). The fourth-order valence-electron chi connectivity index (χ4n) is 3.52. The van der Waals surface area contributed by atoms with Gasteiger partial charge in [0.25, 0.3) is 0 Å². The van der Waals surface area contributed by atoms with Crippen molar-refractivity contribution in [2.75, 3.05) is 0 Å². The number of hydrogen-bond donors (Lipinski definition) is 2. The lowest BCUT2D eigenvalue weighted by Gasteiger charge is -2.26. The Bertz CT molecular complexity index is 322. The Labute approximate surface area is 89.9 Å². The number of aliphatic hydroxyl groups excluding tert-OH is 1. The molecule has 0 aliphatic heterocycles. The lowest BCUT2D eigenvalue weighted by Crippen LogP contribution is -2.27. The topological polar surface area (TPSA) is 48.9 Å². The number of aromatic nitrogens is 2. The Morgan fingerprint density at radius 1 is 1.47 bits per heavy atom. The molecule has 0 radical (unpaired) electrons. The summed E-state index contributed by atoms with van der Waals surface area (Å²) in [5.74, 6) is 3.16. The number of H-pyrrole nitrogens is 1. The second-order valence-corrected chi connectivity index (χ2v) is 5.15. The number of rotatable bonds is 3. The number of aliphatic hydroxyl groups is 1. The maximum absolute atomic E-state index is 10.2. The summed E-state index contributed by atoms with van der Waals surface area (Å²) in [6.07, 6.45) is 9.42. The molecular formula is C12H18N2O. The molecule has 4 unspecified atom stereocenters. The Hall–Kier alpha value is -0.830. The van der Waals surface area contributed by atoms with Gasteiger partial charge in [0.2, 0.25) is 0 Å². The van der Waals surface area contributed by atoms with Crippen molar-refractivity contribution in [3.05, 3.63) is 18.2 Å². The zero-order valence-corrected chi connectivity index (χ0v) is 8.89. The summed E-state index contributed by atoms with van der Waals surface area (Å²) >= 11 is 0. The van der Waals surface area contributed by atoms with Gasteiger partial charge in [-0.25, -0.2) is 4.98 Å². The van der Waals surface area contributed by atoms with E-state index in [2.05, 4.69) is 9.97 Å². The van der Waals surface area contributed by atoms with Crippen LogP contribution in [0.2, 0.25) is 0 Å². The van der Waals surface area contributed by atoms with Crippen LogP contribution >= 0.6 is 0 Å². The molecule has 2 bridgehead atoms. The number of hydrogen-bond acceptors (Lipinski definition) is 2. The second-order valence-electron chi connectivity index (χ2n) is 5.15. The smallest absolute Gasteiger partial charge is 0.108 e. The molecule has 0 spiro atoms. The largest absolute Gasteiger partial charge is 0.392 e. The fraction of sp³-hybridized carbons (Fsp3) is 0.750. The van der Waals surface area contributed by atoms with Crippen molar-refractivity contribution < 1.29 is 5.11 Å². The van der Waals surface area contributed by atoms with Gasteiger partial charge in [-0.3, -0.25) is 0 Å². The Morgan fingerprint density at radius 3 is 3.00 bits per heavy atom.